The number of methoxy groups -OCH3 is 1. The first-order chi connectivity index (χ1) is 9.44. The first-order valence-electron chi connectivity index (χ1n) is 7.08. The lowest BCUT2D eigenvalue weighted by molar-refractivity contribution is 0.00535. The second kappa shape index (κ2) is 7.91. The third kappa shape index (κ3) is 4.69. The van der Waals surface area contributed by atoms with Crippen LogP contribution in [0.15, 0.2) is 23.1 Å². The van der Waals surface area contributed by atoms with Crippen LogP contribution in [0.2, 0.25) is 0 Å². The van der Waals surface area contributed by atoms with E-state index in [0.29, 0.717) is 6.54 Å². The number of hydrogen-bond acceptors (Lipinski definition) is 4. The molecular formula is C16H27NO2S. The first-order valence-corrected chi connectivity index (χ1v) is 8.31. The molecule has 0 aliphatic rings. The highest BCUT2D eigenvalue weighted by atomic mass is 32.2. The summed E-state index contributed by atoms with van der Waals surface area (Å²) in [5.41, 5.74) is 0.498. The summed E-state index contributed by atoms with van der Waals surface area (Å²) in [5, 5.41) is 13.7. The Hall–Kier alpha value is -0.710. The molecule has 0 radical (unpaired) electrons. The number of thioether (sulfide) groups is 1. The molecule has 1 aromatic rings. The summed E-state index contributed by atoms with van der Waals surface area (Å²) in [4.78, 5) is 1.14. The Morgan fingerprint density at radius 1 is 1.45 bits per heavy atom. The highest BCUT2D eigenvalue weighted by Crippen LogP contribution is 2.28. The van der Waals surface area contributed by atoms with Crippen LogP contribution in [-0.2, 0) is 6.54 Å². The van der Waals surface area contributed by atoms with Crippen LogP contribution in [0.25, 0.3) is 0 Å². The van der Waals surface area contributed by atoms with E-state index in [1.165, 1.54) is 5.56 Å². The Kier molecular flexibility index (Phi) is 6.86. The number of hydrogen-bond donors (Lipinski definition) is 2. The molecule has 0 heterocycles. The molecule has 0 aromatic heterocycles. The van der Waals surface area contributed by atoms with Gasteiger partial charge in [0.15, 0.2) is 0 Å². The van der Waals surface area contributed by atoms with Crippen molar-refractivity contribution in [2.45, 2.75) is 44.2 Å². The standard InChI is InChI=1S/C16H27NO2S/c1-6-12(2)16(3,18)11-17-10-13-7-8-15(20-5)14(9-13)19-4/h7-9,12,17-18H,6,10-11H2,1-5H3. The van der Waals surface area contributed by atoms with Crippen LogP contribution in [0, 0.1) is 5.92 Å². The summed E-state index contributed by atoms with van der Waals surface area (Å²) in [5.74, 6) is 1.19. The average Bonchev–Trinajstić information content (AvgIpc) is 2.45. The fourth-order valence-corrected chi connectivity index (χ4v) is 2.61. The van der Waals surface area contributed by atoms with Gasteiger partial charge in [0, 0.05) is 18.0 Å². The summed E-state index contributed by atoms with van der Waals surface area (Å²) in [6.07, 6.45) is 3.02. The topological polar surface area (TPSA) is 41.5 Å². The van der Waals surface area contributed by atoms with Crippen LogP contribution in [0.1, 0.15) is 32.8 Å². The van der Waals surface area contributed by atoms with Gasteiger partial charge in [0.05, 0.1) is 12.7 Å². The molecule has 2 atom stereocenters. The molecule has 2 unspecified atom stereocenters. The maximum atomic E-state index is 10.4. The molecule has 0 amide bonds. The predicted molar refractivity (Wildman–Crippen MR) is 86.6 cm³/mol. The lowest BCUT2D eigenvalue weighted by Crippen LogP contribution is -2.42. The van der Waals surface area contributed by atoms with Gasteiger partial charge in [-0.1, -0.05) is 26.3 Å². The Labute approximate surface area is 127 Å². The monoisotopic (exact) mass is 297 g/mol. The Morgan fingerprint density at radius 3 is 2.70 bits per heavy atom. The van der Waals surface area contributed by atoms with Crippen molar-refractivity contribution >= 4 is 11.8 Å². The van der Waals surface area contributed by atoms with Gasteiger partial charge in [0.1, 0.15) is 5.75 Å². The summed E-state index contributed by atoms with van der Waals surface area (Å²) >= 11 is 1.68. The van der Waals surface area contributed by atoms with Crippen molar-refractivity contribution in [3.05, 3.63) is 23.8 Å². The van der Waals surface area contributed by atoms with Crippen molar-refractivity contribution in [3.8, 4) is 5.75 Å². The number of ether oxygens (including phenoxy) is 1. The van der Waals surface area contributed by atoms with Crippen molar-refractivity contribution in [2.75, 3.05) is 19.9 Å². The molecule has 0 fully saturated rings. The highest BCUT2D eigenvalue weighted by Gasteiger charge is 2.26. The molecule has 0 bridgehead atoms. The second-order valence-corrected chi connectivity index (χ2v) is 6.31. The minimum Gasteiger partial charge on any atom is -0.496 e. The minimum atomic E-state index is -0.669. The molecule has 0 aliphatic heterocycles. The lowest BCUT2D eigenvalue weighted by atomic mass is 9.88. The van der Waals surface area contributed by atoms with Gasteiger partial charge < -0.3 is 15.2 Å². The average molecular weight is 297 g/mol. The summed E-state index contributed by atoms with van der Waals surface area (Å²) in [7, 11) is 1.69. The molecule has 0 saturated carbocycles. The van der Waals surface area contributed by atoms with E-state index in [0.717, 1.165) is 23.6 Å². The third-order valence-electron chi connectivity index (χ3n) is 3.93. The zero-order valence-electron chi connectivity index (χ0n) is 13.2. The molecule has 2 N–H and O–H groups in total. The largest absolute Gasteiger partial charge is 0.496 e. The van der Waals surface area contributed by atoms with Crippen molar-refractivity contribution < 1.29 is 9.84 Å². The normalized spacial score (nSPS) is 15.7. The minimum absolute atomic E-state index is 0.281. The van der Waals surface area contributed by atoms with Gasteiger partial charge in [0.25, 0.3) is 0 Å². The molecule has 114 valence electrons. The third-order valence-corrected chi connectivity index (χ3v) is 4.71. The zero-order valence-corrected chi connectivity index (χ0v) is 14.0. The Morgan fingerprint density at radius 2 is 2.15 bits per heavy atom. The van der Waals surface area contributed by atoms with E-state index < -0.39 is 5.60 Å². The van der Waals surface area contributed by atoms with Gasteiger partial charge in [-0.3, -0.25) is 0 Å². The molecule has 1 aromatic carbocycles. The summed E-state index contributed by atoms with van der Waals surface area (Å²) < 4.78 is 5.38. The summed E-state index contributed by atoms with van der Waals surface area (Å²) in [6.45, 7) is 7.40. The Balaban J connectivity index is 2.58. The van der Waals surface area contributed by atoms with Gasteiger partial charge >= 0.3 is 0 Å². The summed E-state index contributed by atoms with van der Waals surface area (Å²) in [6, 6.07) is 6.23. The molecule has 3 nitrogen and oxygen atoms in total. The van der Waals surface area contributed by atoms with Crippen molar-refractivity contribution in [3.63, 3.8) is 0 Å². The maximum absolute atomic E-state index is 10.4. The van der Waals surface area contributed by atoms with Gasteiger partial charge in [-0.2, -0.15) is 0 Å². The van der Waals surface area contributed by atoms with E-state index in [1.54, 1.807) is 18.9 Å². The molecule has 20 heavy (non-hydrogen) atoms. The van der Waals surface area contributed by atoms with Crippen molar-refractivity contribution in [1.82, 2.24) is 5.32 Å². The number of benzene rings is 1. The maximum Gasteiger partial charge on any atom is 0.132 e. The predicted octanol–water partition coefficient (Wildman–Crippen LogP) is 3.30. The van der Waals surface area contributed by atoms with Gasteiger partial charge in [-0.15, -0.1) is 11.8 Å². The highest BCUT2D eigenvalue weighted by molar-refractivity contribution is 7.98. The van der Waals surface area contributed by atoms with E-state index in [9.17, 15) is 5.11 Å². The quantitative estimate of drug-likeness (QED) is 0.722. The number of nitrogens with one attached hydrogen (secondary N) is 1. The fraction of sp³-hybridized carbons (Fsp3) is 0.625. The Bertz CT molecular complexity index is 421. The smallest absolute Gasteiger partial charge is 0.132 e. The zero-order chi connectivity index (χ0) is 15.2. The molecule has 1 rings (SSSR count). The van der Waals surface area contributed by atoms with E-state index >= 15 is 0 Å². The van der Waals surface area contributed by atoms with Crippen molar-refractivity contribution in [1.29, 1.82) is 0 Å². The van der Waals surface area contributed by atoms with Crippen LogP contribution in [0.4, 0.5) is 0 Å². The van der Waals surface area contributed by atoms with Gasteiger partial charge in [-0.25, -0.2) is 0 Å². The van der Waals surface area contributed by atoms with E-state index in [4.69, 9.17) is 4.74 Å². The molecule has 4 heteroatoms. The molecular weight excluding hydrogens is 270 g/mol. The lowest BCUT2D eigenvalue weighted by Gasteiger charge is -2.30. The fourth-order valence-electron chi connectivity index (χ4n) is 2.06. The van der Waals surface area contributed by atoms with Crippen LogP contribution >= 0.6 is 11.8 Å². The van der Waals surface area contributed by atoms with E-state index in [2.05, 4.69) is 37.4 Å². The van der Waals surface area contributed by atoms with Crippen LogP contribution in [0.3, 0.4) is 0 Å². The van der Waals surface area contributed by atoms with Crippen LogP contribution in [0.5, 0.6) is 5.75 Å². The van der Waals surface area contributed by atoms with Crippen molar-refractivity contribution in [2.24, 2.45) is 5.92 Å². The van der Waals surface area contributed by atoms with Gasteiger partial charge in [-0.05, 0) is 36.8 Å². The second-order valence-electron chi connectivity index (χ2n) is 5.46. The number of aliphatic hydroxyl groups is 1. The van der Waals surface area contributed by atoms with Crippen LogP contribution < -0.4 is 10.1 Å². The molecule has 0 saturated heterocycles. The number of rotatable bonds is 8. The van der Waals surface area contributed by atoms with E-state index in [-0.39, 0.29) is 5.92 Å². The van der Waals surface area contributed by atoms with Crippen LogP contribution in [-0.4, -0.2) is 30.6 Å². The van der Waals surface area contributed by atoms with Gasteiger partial charge in [0.2, 0.25) is 0 Å². The van der Waals surface area contributed by atoms with E-state index in [1.807, 2.05) is 13.2 Å². The molecule has 0 aliphatic carbocycles. The molecule has 0 spiro atoms. The SMILES string of the molecule is CCC(C)C(C)(O)CNCc1ccc(SC)c(OC)c1. The first kappa shape index (κ1) is 17.3.